The molecule has 0 aliphatic carbocycles. The topological polar surface area (TPSA) is 37.6 Å². The first kappa shape index (κ1) is 13.2. The molecular weight excluding hydrogens is 266 g/mol. The highest BCUT2D eigenvalue weighted by Crippen LogP contribution is 2.30. The van der Waals surface area contributed by atoms with E-state index in [1.165, 1.54) is 11.3 Å². The molecule has 0 spiro atoms. The summed E-state index contributed by atoms with van der Waals surface area (Å²) in [6, 6.07) is 5.68. The van der Waals surface area contributed by atoms with Gasteiger partial charge in [-0.15, -0.1) is 10.2 Å². The summed E-state index contributed by atoms with van der Waals surface area (Å²) >= 11 is 7.65. The third-order valence-corrected chi connectivity index (χ3v) is 3.83. The summed E-state index contributed by atoms with van der Waals surface area (Å²) in [5.41, 5.74) is 2.73. The molecule has 0 saturated heterocycles. The number of aromatic nitrogens is 1. The third-order valence-electron chi connectivity index (χ3n) is 2.57. The fraction of sp³-hybridized carbons (Fsp3) is 0.231. The van der Waals surface area contributed by atoms with E-state index in [0.29, 0.717) is 15.8 Å². The molecular formula is C13H13ClN3S. The van der Waals surface area contributed by atoms with E-state index in [-0.39, 0.29) is 0 Å². The average molecular weight is 279 g/mol. The Morgan fingerprint density at radius 1 is 1.28 bits per heavy atom. The molecule has 5 heteroatoms. The van der Waals surface area contributed by atoms with Gasteiger partial charge in [-0.25, -0.2) is 4.98 Å². The fourth-order valence-electron chi connectivity index (χ4n) is 1.38. The van der Waals surface area contributed by atoms with E-state index in [1.54, 1.807) is 0 Å². The van der Waals surface area contributed by atoms with Crippen molar-refractivity contribution in [2.24, 2.45) is 10.2 Å². The molecule has 0 aliphatic heterocycles. The number of azo groups is 1. The van der Waals surface area contributed by atoms with Gasteiger partial charge in [0, 0.05) is 4.88 Å². The standard InChI is InChI=1S/C13H13ClN3S/c1-4-10-5-6-12(11(14)7-10)16-17-13-15-8(2)9(3)18-13/h4-7H,1-3H3. The molecule has 0 aliphatic rings. The van der Waals surface area contributed by atoms with Crippen molar-refractivity contribution in [2.75, 3.05) is 0 Å². The highest BCUT2D eigenvalue weighted by molar-refractivity contribution is 7.15. The van der Waals surface area contributed by atoms with E-state index in [4.69, 9.17) is 11.6 Å². The molecule has 1 heterocycles. The molecule has 2 rings (SSSR count). The van der Waals surface area contributed by atoms with Crippen molar-refractivity contribution in [3.63, 3.8) is 0 Å². The number of hydrogen-bond acceptors (Lipinski definition) is 4. The molecule has 93 valence electrons. The number of thiazole rings is 1. The maximum absolute atomic E-state index is 6.12. The van der Waals surface area contributed by atoms with Gasteiger partial charge in [-0.1, -0.05) is 35.9 Å². The molecule has 0 amide bonds. The van der Waals surface area contributed by atoms with Crippen molar-refractivity contribution in [2.45, 2.75) is 20.8 Å². The van der Waals surface area contributed by atoms with Gasteiger partial charge in [-0.05, 0) is 38.0 Å². The lowest BCUT2D eigenvalue weighted by Gasteiger charge is -1.99. The van der Waals surface area contributed by atoms with Crippen LogP contribution >= 0.6 is 22.9 Å². The molecule has 1 radical (unpaired) electrons. The monoisotopic (exact) mass is 278 g/mol. The normalized spacial score (nSPS) is 11.3. The molecule has 0 N–H and O–H groups in total. The summed E-state index contributed by atoms with van der Waals surface area (Å²) in [4.78, 5) is 5.46. The number of rotatable bonds is 3. The Kier molecular flexibility index (Phi) is 4.09. The van der Waals surface area contributed by atoms with Crippen LogP contribution in [0.4, 0.5) is 10.8 Å². The smallest absolute Gasteiger partial charge is 0.222 e. The minimum atomic E-state index is 0.597. The Balaban J connectivity index is 2.23. The van der Waals surface area contributed by atoms with Gasteiger partial charge in [0.15, 0.2) is 0 Å². The summed E-state index contributed by atoms with van der Waals surface area (Å²) in [6.45, 7) is 5.95. The largest absolute Gasteiger partial charge is 0.230 e. The third kappa shape index (κ3) is 2.94. The van der Waals surface area contributed by atoms with Crippen molar-refractivity contribution in [3.05, 3.63) is 45.8 Å². The van der Waals surface area contributed by atoms with Gasteiger partial charge in [0.25, 0.3) is 0 Å². The summed E-state index contributed by atoms with van der Waals surface area (Å²) in [7, 11) is 0. The Labute approximate surface area is 116 Å². The Bertz CT molecular complexity index is 570. The van der Waals surface area contributed by atoms with Crippen LogP contribution in [0.1, 0.15) is 23.1 Å². The lowest BCUT2D eigenvalue weighted by Crippen LogP contribution is -1.76. The van der Waals surface area contributed by atoms with Crippen molar-refractivity contribution in [1.29, 1.82) is 0 Å². The van der Waals surface area contributed by atoms with E-state index < -0.39 is 0 Å². The maximum Gasteiger partial charge on any atom is 0.230 e. The fourth-order valence-corrected chi connectivity index (χ4v) is 2.34. The summed E-state index contributed by atoms with van der Waals surface area (Å²) in [5, 5.41) is 9.50. The zero-order valence-electron chi connectivity index (χ0n) is 10.4. The Morgan fingerprint density at radius 2 is 2.06 bits per heavy atom. The predicted octanol–water partition coefficient (Wildman–Crippen LogP) is 5.40. The highest BCUT2D eigenvalue weighted by atomic mass is 35.5. The minimum Gasteiger partial charge on any atom is -0.222 e. The van der Waals surface area contributed by atoms with Crippen LogP contribution in [0.2, 0.25) is 5.02 Å². The summed E-state index contributed by atoms with van der Waals surface area (Å²) < 4.78 is 0. The maximum atomic E-state index is 6.12. The molecule has 3 nitrogen and oxygen atoms in total. The zero-order chi connectivity index (χ0) is 13.1. The van der Waals surface area contributed by atoms with E-state index in [0.717, 1.165) is 16.1 Å². The lowest BCUT2D eigenvalue weighted by molar-refractivity contribution is 1.15. The van der Waals surface area contributed by atoms with E-state index in [1.807, 2.05) is 45.4 Å². The SMILES string of the molecule is C[CH]c1ccc(N=Nc2nc(C)c(C)s2)c(Cl)c1. The first-order valence-corrected chi connectivity index (χ1v) is 6.74. The zero-order valence-corrected chi connectivity index (χ0v) is 12.0. The van der Waals surface area contributed by atoms with Crippen LogP contribution in [0.5, 0.6) is 0 Å². The molecule has 1 aromatic carbocycles. The van der Waals surface area contributed by atoms with E-state index >= 15 is 0 Å². The van der Waals surface area contributed by atoms with Gasteiger partial charge in [0.2, 0.25) is 5.13 Å². The predicted molar refractivity (Wildman–Crippen MR) is 76.3 cm³/mol. The second-order valence-corrected chi connectivity index (χ2v) is 5.43. The summed E-state index contributed by atoms with van der Waals surface area (Å²) in [5.74, 6) is 0. The van der Waals surface area contributed by atoms with Gasteiger partial charge in [0.1, 0.15) is 5.69 Å². The minimum absolute atomic E-state index is 0.597. The van der Waals surface area contributed by atoms with E-state index in [2.05, 4.69) is 15.2 Å². The molecule has 2 aromatic rings. The van der Waals surface area contributed by atoms with Crippen LogP contribution in [0, 0.1) is 20.3 Å². The molecule has 1 aromatic heterocycles. The van der Waals surface area contributed by atoms with Crippen molar-refractivity contribution < 1.29 is 0 Å². The van der Waals surface area contributed by atoms with E-state index in [9.17, 15) is 0 Å². The second kappa shape index (κ2) is 5.59. The van der Waals surface area contributed by atoms with Crippen LogP contribution in [0.25, 0.3) is 0 Å². The van der Waals surface area contributed by atoms with Gasteiger partial charge < -0.3 is 0 Å². The van der Waals surface area contributed by atoms with Crippen LogP contribution < -0.4 is 0 Å². The molecule has 18 heavy (non-hydrogen) atoms. The van der Waals surface area contributed by atoms with Gasteiger partial charge in [-0.2, -0.15) is 0 Å². The number of halogens is 1. The highest BCUT2D eigenvalue weighted by Gasteiger charge is 2.03. The first-order chi connectivity index (χ1) is 8.60. The van der Waals surface area contributed by atoms with Crippen molar-refractivity contribution >= 4 is 33.8 Å². The Morgan fingerprint density at radius 3 is 2.61 bits per heavy atom. The molecule has 0 saturated carbocycles. The van der Waals surface area contributed by atoms with Gasteiger partial charge in [0.05, 0.1) is 10.7 Å². The van der Waals surface area contributed by atoms with Crippen LogP contribution in [0.15, 0.2) is 28.4 Å². The average Bonchev–Trinajstić information content (AvgIpc) is 2.67. The first-order valence-electron chi connectivity index (χ1n) is 5.55. The number of aryl methyl sites for hydroxylation is 2. The lowest BCUT2D eigenvalue weighted by atomic mass is 10.1. The van der Waals surface area contributed by atoms with Crippen molar-refractivity contribution in [1.82, 2.24) is 4.98 Å². The Hall–Kier alpha value is -1.26. The van der Waals surface area contributed by atoms with Crippen LogP contribution in [-0.4, -0.2) is 4.98 Å². The molecule has 0 unspecified atom stereocenters. The summed E-state index contributed by atoms with van der Waals surface area (Å²) in [6.07, 6.45) is 1.99. The van der Waals surface area contributed by atoms with Gasteiger partial charge in [-0.3, -0.25) is 0 Å². The molecule has 0 bridgehead atoms. The quantitative estimate of drug-likeness (QED) is 0.693. The number of hydrogen-bond donors (Lipinski definition) is 0. The van der Waals surface area contributed by atoms with Crippen LogP contribution in [-0.2, 0) is 0 Å². The van der Waals surface area contributed by atoms with Crippen LogP contribution in [0.3, 0.4) is 0 Å². The number of nitrogens with zero attached hydrogens (tertiary/aromatic N) is 3. The van der Waals surface area contributed by atoms with Crippen molar-refractivity contribution in [3.8, 4) is 0 Å². The molecule has 0 atom stereocenters. The molecule has 0 fully saturated rings. The number of benzene rings is 1. The van der Waals surface area contributed by atoms with Gasteiger partial charge >= 0.3 is 0 Å². The second-order valence-electron chi connectivity index (χ2n) is 3.84.